The maximum atomic E-state index is 7.30. The fraction of sp³-hybridized carbons (Fsp3) is 0.462. The van der Waals surface area contributed by atoms with Crippen LogP contribution in [0.2, 0.25) is 0 Å². The zero-order chi connectivity index (χ0) is 14.7. The molecule has 0 radical (unpaired) electrons. The Balaban J connectivity index is 2.28. The van der Waals surface area contributed by atoms with E-state index in [0.29, 0.717) is 17.1 Å². The minimum absolute atomic E-state index is 0.143. The Hall–Kier alpha value is -2.15. The van der Waals surface area contributed by atoms with Crippen molar-refractivity contribution < 1.29 is 4.74 Å². The molecule has 20 heavy (non-hydrogen) atoms. The molecule has 0 aromatic heterocycles. The highest BCUT2D eigenvalue weighted by molar-refractivity contribution is 5.93. The van der Waals surface area contributed by atoms with Crippen LogP contribution >= 0.6 is 0 Å². The molecule has 0 amide bonds. The average molecular weight is 278 g/mol. The number of nitrogen functional groups attached to an aromatic ring is 1. The summed E-state index contributed by atoms with van der Waals surface area (Å²) in [5, 5.41) is 10.0. The quantitative estimate of drug-likeness (QED) is 0.361. The molecule has 0 aliphatic carbocycles. The fourth-order valence-electron chi connectivity index (χ4n) is 2.32. The third-order valence-corrected chi connectivity index (χ3v) is 3.46. The Labute approximate surface area is 119 Å². The second-order valence-electron chi connectivity index (χ2n) is 4.94. The number of nitrogens with one attached hydrogen (secondary N) is 2. The van der Waals surface area contributed by atoms with Crippen molar-refractivity contribution >= 4 is 23.0 Å². The minimum Gasteiger partial charge on any atom is -0.494 e. The smallest absolute Gasteiger partial charge is 0.190 e. The summed E-state index contributed by atoms with van der Waals surface area (Å²) >= 11 is 0. The van der Waals surface area contributed by atoms with Crippen LogP contribution in [-0.4, -0.2) is 51.2 Å². The van der Waals surface area contributed by atoms with Gasteiger partial charge in [-0.3, -0.25) is 5.41 Å². The lowest BCUT2D eigenvalue weighted by Crippen LogP contribution is -2.44. The molecular weight excluding hydrogens is 256 g/mol. The van der Waals surface area contributed by atoms with Gasteiger partial charge in [0.2, 0.25) is 0 Å². The number of guanidine groups is 1. The standard InChI is InChI=1S/C13H22N6O/c1-18-3-5-19(6-4-18)11-8-12(20-2)10(7-9(11)14)17-13(15)16/h7-8H,3-6,14H2,1-2H3,(H4,15,16,17). The van der Waals surface area contributed by atoms with Crippen LogP contribution < -0.4 is 26.4 Å². The van der Waals surface area contributed by atoms with Crippen LogP contribution in [0.5, 0.6) is 5.75 Å². The lowest BCUT2D eigenvalue weighted by atomic mass is 10.2. The van der Waals surface area contributed by atoms with Crippen LogP contribution in [-0.2, 0) is 0 Å². The van der Waals surface area contributed by atoms with Crippen LogP contribution in [0.25, 0.3) is 0 Å². The van der Waals surface area contributed by atoms with Gasteiger partial charge in [-0.15, -0.1) is 0 Å². The van der Waals surface area contributed by atoms with Gasteiger partial charge < -0.3 is 31.3 Å². The summed E-state index contributed by atoms with van der Waals surface area (Å²) in [6, 6.07) is 3.65. The highest BCUT2D eigenvalue weighted by atomic mass is 16.5. The van der Waals surface area contributed by atoms with E-state index in [0.717, 1.165) is 31.9 Å². The first-order chi connectivity index (χ1) is 9.51. The van der Waals surface area contributed by atoms with E-state index in [2.05, 4.69) is 22.2 Å². The number of likely N-dealkylation sites (N-methyl/N-ethyl adjacent to an activating group) is 1. The van der Waals surface area contributed by atoms with Crippen molar-refractivity contribution in [2.75, 3.05) is 56.3 Å². The van der Waals surface area contributed by atoms with E-state index in [4.69, 9.17) is 21.6 Å². The molecule has 7 heteroatoms. The summed E-state index contributed by atoms with van der Waals surface area (Å²) < 4.78 is 5.35. The maximum Gasteiger partial charge on any atom is 0.190 e. The molecule has 1 aromatic carbocycles. The molecule has 1 aromatic rings. The number of nitrogens with zero attached hydrogens (tertiary/aromatic N) is 2. The van der Waals surface area contributed by atoms with E-state index < -0.39 is 0 Å². The van der Waals surface area contributed by atoms with Crippen molar-refractivity contribution in [3.05, 3.63) is 12.1 Å². The zero-order valence-corrected chi connectivity index (χ0v) is 11.9. The fourth-order valence-corrected chi connectivity index (χ4v) is 2.32. The van der Waals surface area contributed by atoms with Crippen LogP contribution in [0.1, 0.15) is 0 Å². The number of anilines is 3. The van der Waals surface area contributed by atoms with Crippen LogP contribution in [0.4, 0.5) is 17.1 Å². The molecule has 1 fully saturated rings. The molecule has 6 N–H and O–H groups in total. The SMILES string of the molecule is COc1cc(N2CCN(C)CC2)c(N)cc1NC(=N)N. The Bertz CT molecular complexity index is 496. The van der Waals surface area contributed by atoms with E-state index in [1.54, 1.807) is 13.2 Å². The normalized spacial score (nSPS) is 16.0. The van der Waals surface area contributed by atoms with Crippen molar-refractivity contribution in [2.45, 2.75) is 0 Å². The van der Waals surface area contributed by atoms with Gasteiger partial charge in [0.25, 0.3) is 0 Å². The molecule has 0 unspecified atom stereocenters. The zero-order valence-electron chi connectivity index (χ0n) is 11.9. The summed E-state index contributed by atoms with van der Waals surface area (Å²) in [5.74, 6) is 0.485. The van der Waals surface area contributed by atoms with Crippen LogP contribution in [0.3, 0.4) is 0 Å². The summed E-state index contributed by atoms with van der Waals surface area (Å²) in [6.45, 7) is 3.89. The van der Waals surface area contributed by atoms with Crippen molar-refractivity contribution in [2.24, 2.45) is 5.73 Å². The molecule has 1 aliphatic heterocycles. The first-order valence-electron chi connectivity index (χ1n) is 6.53. The Morgan fingerprint density at radius 1 is 1.30 bits per heavy atom. The Morgan fingerprint density at radius 3 is 2.50 bits per heavy atom. The molecule has 2 rings (SSSR count). The van der Waals surface area contributed by atoms with E-state index in [1.165, 1.54) is 0 Å². The van der Waals surface area contributed by atoms with Crippen LogP contribution in [0.15, 0.2) is 12.1 Å². The average Bonchev–Trinajstić information content (AvgIpc) is 2.40. The number of piperazine rings is 1. The molecule has 1 heterocycles. The van der Waals surface area contributed by atoms with E-state index in [1.807, 2.05) is 6.07 Å². The molecule has 7 nitrogen and oxygen atoms in total. The first-order valence-corrected chi connectivity index (χ1v) is 6.53. The van der Waals surface area contributed by atoms with Gasteiger partial charge >= 0.3 is 0 Å². The van der Waals surface area contributed by atoms with Crippen molar-refractivity contribution in [3.8, 4) is 5.75 Å². The predicted molar refractivity (Wildman–Crippen MR) is 82.7 cm³/mol. The number of benzene rings is 1. The highest BCUT2D eigenvalue weighted by Crippen LogP contribution is 2.35. The predicted octanol–water partition coefficient (Wildman–Crippen LogP) is 0.335. The Kier molecular flexibility index (Phi) is 4.19. The largest absolute Gasteiger partial charge is 0.494 e. The molecule has 0 atom stereocenters. The number of methoxy groups -OCH3 is 1. The monoisotopic (exact) mass is 278 g/mol. The van der Waals surface area contributed by atoms with Gasteiger partial charge in [0.1, 0.15) is 5.75 Å². The number of nitrogens with two attached hydrogens (primary N) is 2. The third-order valence-electron chi connectivity index (χ3n) is 3.46. The van der Waals surface area contributed by atoms with Gasteiger partial charge in [0, 0.05) is 32.2 Å². The topological polar surface area (TPSA) is 104 Å². The molecule has 1 saturated heterocycles. The van der Waals surface area contributed by atoms with Crippen molar-refractivity contribution in [1.29, 1.82) is 5.41 Å². The number of ether oxygens (including phenoxy) is 1. The minimum atomic E-state index is -0.143. The van der Waals surface area contributed by atoms with Crippen molar-refractivity contribution in [1.82, 2.24) is 4.90 Å². The van der Waals surface area contributed by atoms with Crippen molar-refractivity contribution in [3.63, 3.8) is 0 Å². The summed E-state index contributed by atoms with van der Waals surface area (Å²) in [5.41, 5.74) is 13.7. The van der Waals surface area contributed by atoms with Gasteiger partial charge in [0.15, 0.2) is 5.96 Å². The van der Waals surface area contributed by atoms with Gasteiger partial charge in [-0.1, -0.05) is 0 Å². The number of hydrogen-bond acceptors (Lipinski definition) is 5. The molecule has 110 valence electrons. The van der Waals surface area contributed by atoms with E-state index in [-0.39, 0.29) is 5.96 Å². The second-order valence-corrected chi connectivity index (χ2v) is 4.94. The van der Waals surface area contributed by atoms with Gasteiger partial charge in [-0.05, 0) is 13.1 Å². The third kappa shape index (κ3) is 3.05. The molecule has 1 aliphatic rings. The molecule has 0 saturated carbocycles. The van der Waals surface area contributed by atoms with Gasteiger partial charge in [-0.25, -0.2) is 0 Å². The maximum absolute atomic E-state index is 7.30. The van der Waals surface area contributed by atoms with Crippen LogP contribution in [0, 0.1) is 5.41 Å². The molecular formula is C13H22N6O. The first kappa shape index (κ1) is 14.3. The summed E-state index contributed by atoms with van der Waals surface area (Å²) in [4.78, 5) is 4.53. The van der Waals surface area contributed by atoms with E-state index >= 15 is 0 Å². The van der Waals surface area contributed by atoms with E-state index in [9.17, 15) is 0 Å². The highest BCUT2D eigenvalue weighted by Gasteiger charge is 2.18. The number of rotatable bonds is 3. The molecule has 0 spiro atoms. The summed E-state index contributed by atoms with van der Waals surface area (Å²) in [7, 11) is 3.70. The lowest BCUT2D eigenvalue weighted by molar-refractivity contribution is 0.313. The second kappa shape index (κ2) is 5.87. The lowest BCUT2D eigenvalue weighted by Gasteiger charge is -2.35. The van der Waals surface area contributed by atoms with Gasteiger partial charge in [-0.2, -0.15) is 0 Å². The number of hydrogen-bond donors (Lipinski definition) is 4. The van der Waals surface area contributed by atoms with Gasteiger partial charge in [0.05, 0.1) is 24.2 Å². The Morgan fingerprint density at radius 2 is 1.95 bits per heavy atom. The summed E-state index contributed by atoms with van der Waals surface area (Å²) in [6.07, 6.45) is 0. The molecule has 0 bridgehead atoms.